The van der Waals surface area contributed by atoms with Gasteiger partial charge in [0.2, 0.25) is 0 Å². The van der Waals surface area contributed by atoms with Gasteiger partial charge in [-0.05, 0) is 53.8 Å². The predicted octanol–water partition coefficient (Wildman–Crippen LogP) is 6.68. The highest BCUT2D eigenvalue weighted by atomic mass is 35.5. The second-order valence-corrected chi connectivity index (χ2v) is 9.68. The number of benzene rings is 4. The van der Waals surface area contributed by atoms with Gasteiger partial charge in [-0.2, -0.15) is 8.42 Å². The Morgan fingerprint density at radius 3 is 2.41 bits per heavy atom. The molecule has 0 radical (unpaired) electrons. The third-order valence-electron chi connectivity index (χ3n) is 5.64. The highest BCUT2D eigenvalue weighted by Gasteiger charge is 2.22. The van der Waals surface area contributed by atoms with Crippen LogP contribution in [0.2, 0.25) is 5.02 Å². The van der Waals surface area contributed by atoms with Crippen LogP contribution >= 0.6 is 11.6 Å². The molecular weight excluding hydrogens is 518 g/mol. The minimum Gasteiger partial charge on any atom is -0.505 e. The summed E-state index contributed by atoms with van der Waals surface area (Å²) in [5.41, 5.74) is 0.707. The fourth-order valence-corrected chi connectivity index (χ4v) is 5.18. The Bertz CT molecular complexity index is 1640. The van der Waals surface area contributed by atoms with Crippen molar-refractivity contribution in [3.05, 3.63) is 82.9 Å². The van der Waals surface area contributed by atoms with Crippen LogP contribution in [0.1, 0.15) is 22.8 Å². The Kier molecular flexibility index (Phi) is 7.44. The average Bonchev–Trinajstić information content (AvgIpc) is 2.88. The molecule has 0 aliphatic carbocycles. The number of nitrogens with zero attached hydrogens (tertiary/aromatic N) is 2. The fraction of sp³-hybridized carbons (Fsp3) is 0.115. The number of nitrogens with one attached hydrogen (secondary N) is 1. The average molecular weight is 540 g/mol. The van der Waals surface area contributed by atoms with Crippen LogP contribution in [-0.4, -0.2) is 31.1 Å². The molecule has 0 saturated heterocycles. The summed E-state index contributed by atoms with van der Waals surface area (Å²) in [6.07, 6.45) is 0.309. The van der Waals surface area contributed by atoms with Crippen molar-refractivity contribution in [2.45, 2.75) is 18.2 Å². The van der Waals surface area contributed by atoms with E-state index >= 15 is 0 Å². The molecule has 37 heavy (non-hydrogen) atoms. The number of rotatable bonds is 7. The topological polar surface area (TPSA) is 138 Å². The third kappa shape index (κ3) is 5.41. The fourth-order valence-electron chi connectivity index (χ4n) is 3.79. The quantitative estimate of drug-likeness (QED) is 0.177. The maximum Gasteiger partial charge on any atom is 0.296 e. The normalized spacial score (nSPS) is 11.7. The van der Waals surface area contributed by atoms with E-state index in [4.69, 9.17) is 16.3 Å². The van der Waals surface area contributed by atoms with Gasteiger partial charge in [-0.25, -0.2) is 0 Å². The highest BCUT2D eigenvalue weighted by molar-refractivity contribution is 7.86. The van der Waals surface area contributed by atoms with Gasteiger partial charge in [-0.3, -0.25) is 9.35 Å². The summed E-state index contributed by atoms with van der Waals surface area (Å²) in [6, 6.07) is 18.1. The first-order valence-corrected chi connectivity index (χ1v) is 12.9. The van der Waals surface area contributed by atoms with E-state index < -0.39 is 26.7 Å². The van der Waals surface area contributed by atoms with Crippen LogP contribution < -0.4 is 10.1 Å². The minimum atomic E-state index is -4.62. The Hall–Kier alpha value is -3.99. The molecule has 0 bridgehead atoms. The summed E-state index contributed by atoms with van der Waals surface area (Å²) in [6.45, 7) is 1.72. The molecule has 0 aromatic heterocycles. The molecule has 0 spiro atoms. The summed E-state index contributed by atoms with van der Waals surface area (Å²) < 4.78 is 38.6. The standard InChI is InChI=1S/C26H22ClN3O6S/c1-3-15-8-13-21(22(27)25(15)37(33,34)35)29-30-23-19-7-5-4-6-16(19)14-20(24(23)31)26(32)28-17-9-11-18(36-2)12-10-17/h4-14,31H,3H2,1-2H3,(H,28,32)(H,33,34,35). The second-order valence-electron chi connectivity index (χ2n) is 7.94. The van der Waals surface area contributed by atoms with Gasteiger partial charge in [-0.1, -0.05) is 48.9 Å². The molecule has 0 aliphatic heterocycles. The van der Waals surface area contributed by atoms with Crippen LogP contribution in [0.25, 0.3) is 10.8 Å². The van der Waals surface area contributed by atoms with Gasteiger partial charge in [0.05, 0.1) is 17.7 Å². The molecule has 0 saturated carbocycles. The van der Waals surface area contributed by atoms with Crippen molar-refractivity contribution in [1.29, 1.82) is 0 Å². The van der Waals surface area contributed by atoms with E-state index in [2.05, 4.69) is 15.5 Å². The number of hydrogen-bond acceptors (Lipinski definition) is 7. The molecule has 190 valence electrons. The summed E-state index contributed by atoms with van der Waals surface area (Å²) in [7, 11) is -3.09. The number of ether oxygens (including phenoxy) is 1. The van der Waals surface area contributed by atoms with Crippen molar-refractivity contribution in [2.75, 3.05) is 12.4 Å². The predicted molar refractivity (Wildman–Crippen MR) is 141 cm³/mol. The molecule has 3 N–H and O–H groups in total. The summed E-state index contributed by atoms with van der Waals surface area (Å²) >= 11 is 6.27. The van der Waals surface area contributed by atoms with Gasteiger partial charge in [0.1, 0.15) is 22.0 Å². The number of aryl methyl sites for hydroxylation is 1. The summed E-state index contributed by atoms with van der Waals surface area (Å²) in [4.78, 5) is 12.6. The number of methoxy groups -OCH3 is 1. The molecule has 0 heterocycles. The van der Waals surface area contributed by atoms with E-state index in [1.807, 2.05) is 0 Å². The molecule has 4 aromatic carbocycles. The maximum atomic E-state index is 13.0. The monoisotopic (exact) mass is 539 g/mol. The number of fused-ring (bicyclic) bond motifs is 1. The van der Waals surface area contributed by atoms with E-state index in [1.54, 1.807) is 55.5 Å². The molecule has 0 unspecified atom stereocenters. The number of azo groups is 1. The van der Waals surface area contributed by atoms with Gasteiger partial charge >= 0.3 is 0 Å². The zero-order valence-electron chi connectivity index (χ0n) is 19.8. The SMILES string of the molecule is CCc1ccc(N=Nc2c(O)c(C(=O)Nc3ccc(OC)cc3)cc3ccccc23)c(Cl)c1S(=O)(=O)O. The lowest BCUT2D eigenvalue weighted by Crippen LogP contribution is -2.12. The Morgan fingerprint density at radius 2 is 1.76 bits per heavy atom. The lowest BCUT2D eigenvalue weighted by atomic mass is 10.0. The van der Waals surface area contributed by atoms with Crippen molar-refractivity contribution >= 4 is 55.5 Å². The molecule has 4 rings (SSSR count). The smallest absolute Gasteiger partial charge is 0.296 e. The van der Waals surface area contributed by atoms with Gasteiger partial charge in [0.25, 0.3) is 16.0 Å². The van der Waals surface area contributed by atoms with Crippen LogP contribution in [0.3, 0.4) is 0 Å². The highest BCUT2D eigenvalue weighted by Crippen LogP contribution is 2.41. The first kappa shape index (κ1) is 26.1. The minimum absolute atomic E-state index is 0.0120. The first-order valence-electron chi connectivity index (χ1n) is 11.0. The Morgan fingerprint density at radius 1 is 1.05 bits per heavy atom. The number of aromatic hydroxyl groups is 1. The number of carbonyl (C=O) groups is 1. The third-order valence-corrected chi connectivity index (χ3v) is 7.12. The molecule has 0 aliphatic rings. The largest absolute Gasteiger partial charge is 0.505 e. The van der Waals surface area contributed by atoms with Crippen molar-refractivity contribution in [1.82, 2.24) is 0 Å². The van der Waals surface area contributed by atoms with E-state index in [-0.39, 0.29) is 22.0 Å². The van der Waals surface area contributed by atoms with Gasteiger partial charge in [0.15, 0.2) is 5.75 Å². The summed E-state index contributed by atoms with van der Waals surface area (Å²) in [5, 5.41) is 22.7. The van der Waals surface area contributed by atoms with Crippen LogP contribution in [0.4, 0.5) is 17.1 Å². The number of phenols is 1. The number of amides is 1. The molecule has 11 heteroatoms. The molecule has 0 fully saturated rings. The van der Waals surface area contributed by atoms with Gasteiger partial charge < -0.3 is 15.2 Å². The number of phenolic OH excluding ortho intramolecular Hbond substituents is 1. The number of anilines is 1. The molecule has 0 atom stereocenters. The number of carbonyl (C=O) groups excluding carboxylic acids is 1. The Balaban J connectivity index is 1.79. The second kappa shape index (κ2) is 10.6. The van der Waals surface area contributed by atoms with Gasteiger partial charge in [0, 0.05) is 11.1 Å². The number of hydrogen-bond donors (Lipinski definition) is 3. The molecule has 1 amide bonds. The van der Waals surface area contributed by atoms with E-state index in [1.165, 1.54) is 25.3 Å². The lowest BCUT2D eigenvalue weighted by Gasteiger charge is -2.12. The van der Waals surface area contributed by atoms with Crippen LogP contribution in [0, 0.1) is 0 Å². The lowest BCUT2D eigenvalue weighted by molar-refractivity contribution is 0.102. The van der Waals surface area contributed by atoms with Crippen molar-refractivity contribution in [3.63, 3.8) is 0 Å². The maximum absolute atomic E-state index is 13.0. The van der Waals surface area contributed by atoms with E-state index in [0.29, 0.717) is 34.2 Å². The van der Waals surface area contributed by atoms with Crippen LogP contribution in [-0.2, 0) is 16.5 Å². The summed E-state index contributed by atoms with van der Waals surface area (Å²) in [5.74, 6) is -0.384. The van der Waals surface area contributed by atoms with E-state index in [9.17, 15) is 22.9 Å². The molecule has 9 nitrogen and oxygen atoms in total. The van der Waals surface area contributed by atoms with Crippen molar-refractivity contribution in [3.8, 4) is 11.5 Å². The first-order chi connectivity index (χ1) is 17.6. The van der Waals surface area contributed by atoms with Crippen molar-refractivity contribution in [2.24, 2.45) is 10.2 Å². The van der Waals surface area contributed by atoms with E-state index in [0.717, 1.165) is 0 Å². The van der Waals surface area contributed by atoms with Crippen molar-refractivity contribution < 1.29 is 27.6 Å². The number of halogens is 1. The van der Waals surface area contributed by atoms with Gasteiger partial charge in [-0.15, -0.1) is 10.2 Å². The zero-order chi connectivity index (χ0) is 26.7. The molecular formula is C26H22ClN3O6S. The Labute approximate surface area is 218 Å². The molecule has 4 aromatic rings. The zero-order valence-corrected chi connectivity index (χ0v) is 21.3. The van der Waals surface area contributed by atoms with Crippen LogP contribution in [0.5, 0.6) is 11.5 Å². The van der Waals surface area contributed by atoms with Crippen LogP contribution in [0.15, 0.2) is 81.9 Å².